The second kappa shape index (κ2) is 4.43. The SMILES string of the molecule is Cc1cn2nc(Sc3nnc(NC4CC4)s3)sc2n1. The highest BCUT2D eigenvalue weighted by Gasteiger charge is 2.22. The topological polar surface area (TPSA) is 68.0 Å². The third-order valence-corrected chi connectivity index (χ3v) is 5.51. The average Bonchev–Trinajstić information content (AvgIpc) is 2.76. The molecule has 0 radical (unpaired) electrons. The maximum Gasteiger partial charge on any atom is 0.213 e. The summed E-state index contributed by atoms with van der Waals surface area (Å²) in [5.41, 5.74) is 0.988. The summed E-state index contributed by atoms with van der Waals surface area (Å²) in [5, 5.41) is 17.0. The third kappa shape index (κ3) is 2.45. The summed E-state index contributed by atoms with van der Waals surface area (Å²) in [4.78, 5) is 5.31. The Morgan fingerprint density at radius 1 is 1.32 bits per heavy atom. The zero-order chi connectivity index (χ0) is 12.8. The van der Waals surface area contributed by atoms with Crippen molar-refractivity contribution in [2.45, 2.75) is 34.5 Å². The molecule has 0 saturated heterocycles. The highest BCUT2D eigenvalue weighted by Crippen LogP contribution is 2.35. The van der Waals surface area contributed by atoms with E-state index in [1.165, 1.54) is 12.8 Å². The second-order valence-electron chi connectivity index (χ2n) is 4.37. The number of rotatable bonds is 4. The van der Waals surface area contributed by atoms with Gasteiger partial charge in [-0.15, -0.1) is 15.3 Å². The van der Waals surface area contributed by atoms with E-state index in [1.54, 1.807) is 34.4 Å². The van der Waals surface area contributed by atoms with Gasteiger partial charge in [-0.3, -0.25) is 0 Å². The van der Waals surface area contributed by atoms with Crippen molar-refractivity contribution in [3.8, 4) is 0 Å². The van der Waals surface area contributed by atoms with Crippen LogP contribution in [-0.4, -0.2) is 30.8 Å². The van der Waals surface area contributed by atoms with Crippen LogP contribution in [0.25, 0.3) is 4.96 Å². The Kier molecular flexibility index (Phi) is 2.71. The standard InChI is InChI=1S/C10H10N6S3/c1-5-4-16-8(11-5)18-10(15-16)19-9-14-13-7(17-9)12-6-2-3-6/h4,6H,2-3H2,1H3,(H,12,13). The van der Waals surface area contributed by atoms with Crippen LogP contribution in [0.5, 0.6) is 0 Å². The van der Waals surface area contributed by atoms with Crippen LogP contribution >= 0.6 is 34.4 Å². The van der Waals surface area contributed by atoms with Gasteiger partial charge in [-0.25, -0.2) is 9.50 Å². The fourth-order valence-electron chi connectivity index (χ4n) is 1.62. The van der Waals surface area contributed by atoms with Gasteiger partial charge in [-0.2, -0.15) is 0 Å². The van der Waals surface area contributed by atoms with E-state index in [9.17, 15) is 0 Å². The molecule has 0 bridgehead atoms. The summed E-state index contributed by atoms with van der Waals surface area (Å²) in [6.45, 7) is 1.97. The molecule has 0 spiro atoms. The molecule has 1 N–H and O–H groups in total. The van der Waals surface area contributed by atoms with Crippen molar-refractivity contribution in [1.29, 1.82) is 0 Å². The van der Waals surface area contributed by atoms with Crippen molar-refractivity contribution in [2.75, 3.05) is 5.32 Å². The smallest absolute Gasteiger partial charge is 0.213 e. The quantitative estimate of drug-likeness (QED) is 0.799. The lowest BCUT2D eigenvalue weighted by molar-refractivity contribution is 0.910. The summed E-state index contributed by atoms with van der Waals surface area (Å²) < 4.78 is 3.67. The highest BCUT2D eigenvalue weighted by atomic mass is 32.2. The molecule has 0 amide bonds. The Labute approximate surface area is 121 Å². The van der Waals surface area contributed by atoms with Crippen LogP contribution in [0.3, 0.4) is 0 Å². The van der Waals surface area contributed by atoms with Crippen LogP contribution in [0.2, 0.25) is 0 Å². The second-order valence-corrected chi connectivity index (χ2v) is 7.80. The molecule has 0 unspecified atom stereocenters. The van der Waals surface area contributed by atoms with Gasteiger partial charge in [0.15, 0.2) is 8.68 Å². The van der Waals surface area contributed by atoms with Crippen molar-refractivity contribution < 1.29 is 0 Å². The van der Waals surface area contributed by atoms with Crippen molar-refractivity contribution in [1.82, 2.24) is 24.8 Å². The average molecular weight is 310 g/mol. The molecule has 4 rings (SSSR count). The van der Waals surface area contributed by atoms with E-state index in [0.717, 1.165) is 24.5 Å². The Hall–Kier alpha value is -1.19. The first-order valence-electron chi connectivity index (χ1n) is 5.87. The van der Waals surface area contributed by atoms with Crippen LogP contribution in [0.4, 0.5) is 5.13 Å². The van der Waals surface area contributed by atoms with Crippen molar-refractivity contribution in [3.05, 3.63) is 11.9 Å². The maximum absolute atomic E-state index is 4.47. The van der Waals surface area contributed by atoms with E-state index in [2.05, 4.69) is 25.6 Å². The fraction of sp³-hybridized carbons (Fsp3) is 0.400. The molecule has 1 saturated carbocycles. The number of anilines is 1. The predicted molar refractivity (Wildman–Crippen MR) is 76.3 cm³/mol. The zero-order valence-corrected chi connectivity index (χ0v) is 12.5. The van der Waals surface area contributed by atoms with Gasteiger partial charge >= 0.3 is 0 Å². The van der Waals surface area contributed by atoms with E-state index in [-0.39, 0.29) is 0 Å². The minimum Gasteiger partial charge on any atom is -0.357 e. The van der Waals surface area contributed by atoms with E-state index >= 15 is 0 Å². The lowest BCUT2D eigenvalue weighted by Crippen LogP contribution is -1.99. The lowest BCUT2D eigenvalue weighted by atomic mass is 10.6. The molecule has 3 aromatic rings. The highest BCUT2D eigenvalue weighted by molar-refractivity contribution is 8.02. The van der Waals surface area contributed by atoms with Gasteiger partial charge in [0, 0.05) is 6.04 Å². The number of aromatic nitrogens is 5. The summed E-state index contributed by atoms with van der Waals surface area (Å²) in [6.07, 6.45) is 4.41. The van der Waals surface area contributed by atoms with Crippen molar-refractivity contribution in [2.24, 2.45) is 0 Å². The lowest BCUT2D eigenvalue weighted by Gasteiger charge is -1.93. The number of aryl methyl sites for hydroxylation is 1. The summed E-state index contributed by atoms with van der Waals surface area (Å²) in [7, 11) is 0. The molecule has 1 aliphatic rings. The molecule has 3 heterocycles. The monoisotopic (exact) mass is 310 g/mol. The minimum atomic E-state index is 0.608. The van der Waals surface area contributed by atoms with Crippen LogP contribution in [0, 0.1) is 6.92 Å². The number of nitrogens with zero attached hydrogens (tertiary/aromatic N) is 5. The van der Waals surface area contributed by atoms with Crippen LogP contribution in [0.15, 0.2) is 14.9 Å². The number of hydrogen-bond donors (Lipinski definition) is 1. The molecular formula is C10H10N6S3. The minimum absolute atomic E-state index is 0.608. The molecule has 3 aromatic heterocycles. The Balaban J connectivity index is 1.52. The predicted octanol–water partition coefficient (Wildman–Crippen LogP) is 2.68. The third-order valence-electron chi connectivity index (χ3n) is 2.63. The molecular weight excluding hydrogens is 300 g/mol. The van der Waals surface area contributed by atoms with Gasteiger partial charge in [-0.05, 0) is 31.5 Å². The molecule has 0 aliphatic heterocycles. The normalized spacial score (nSPS) is 15.2. The van der Waals surface area contributed by atoms with Gasteiger partial charge in [0.25, 0.3) is 0 Å². The first-order valence-corrected chi connectivity index (χ1v) is 8.32. The van der Waals surface area contributed by atoms with Gasteiger partial charge in [0.2, 0.25) is 10.1 Å². The molecule has 1 fully saturated rings. The number of hydrogen-bond acceptors (Lipinski definition) is 8. The summed E-state index contributed by atoms with van der Waals surface area (Å²) in [5.74, 6) is 0. The van der Waals surface area contributed by atoms with Crippen molar-refractivity contribution >= 4 is 44.5 Å². The molecule has 19 heavy (non-hydrogen) atoms. The molecule has 9 heteroatoms. The van der Waals surface area contributed by atoms with E-state index < -0.39 is 0 Å². The first kappa shape index (κ1) is 11.6. The van der Waals surface area contributed by atoms with Crippen LogP contribution < -0.4 is 5.32 Å². The molecule has 0 atom stereocenters. The van der Waals surface area contributed by atoms with E-state index in [4.69, 9.17) is 0 Å². The Bertz CT molecular complexity index is 693. The molecule has 0 aromatic carbocycles. The maximum atomic E-state index is 4.47. The van der Waals surface area contributed by atoms with Gasteiger partial charge in [-0.1, -0.05) is 22.7 Å². The van der Waals surface area contributed by atoms with Gasteiger partial charge < -0.3 is 5.32 Å². The molecule has 1 aliphatic carbocycles. The summed E-state index contributed by atoms with van der Waals surface area (Å²) >= 11 is 4.69. The summed E-state index contributed by atoms with van der Waals surface area (Å²) in [6, 6.07) is 0.608. The van der Waals surface area contributed by atoms with Crippen molar-refractivity contribution in [3.63, 3.8) is 0 Å². The van der Waals surface area contributed by atoms with E-state index in [0.29, 0.717) is 6.04 Å². The zero-order valence-electron chi connectivity index (χ0n) is 10.0. The number of fused-ring (bicyclic) bond motifs is 1. The Morgan fingerprint density at radius 3 is 3.00 bits per heavy atom. The van der Waals surface area contributed by atoms with Crippen LogP contribution in [0.1, 0.15) is 18.5 Å². The van der Waals surface area contributed by atoms with E-state index in [1.807, 2.05) is 17.6 Å². The largest absolute Gasteiger partial charge is 0.357 e. The number of nitrogens with one attached hydrogen (secondary N) is 1. The molecule has 6 nitrogen and oxygen atoms in total. The Morgan fingerprint density at radius 2 is 2.21 bits per heavy atom. The van der Waals surface area contributed by atoms with Gasteiger partial charge in [0.1, 0.15) is 0 Å². The molecule has 98 valence electrons. The van der Waals surface area contributed by atoms with Gasteiger partial charge in [0.05, 0.1) is 11.9 Å². The fourth-order valence-corrected chi connectivity index (χ4v) is 4.62. The first-order chi connectivity index (χ1) is 9.26. The van der Waals surface area contributed by atoms with Crippen LogP contribution in [-0.2, 0) is 0 Å². The number of imidazole rings is 1.